The summed E-state index contributed by atoms with van der Waals surface area (Å²) in [4.78, 5) is 6.93. The number of aromatic nitrogens is 2. The molecule has 29 heavy (non-hydrogen) atoms. The zero-order chi connectivity index (χ0) is 20.6. The molecule has 0 unspecified atom stereocenters. The van der Waals surface area contributed by atoms with E-state index in [0.29, 0.717) is 31.0 Å². The average molecular weight is 409 g/mol. The smallest absolute Gasteiger partial charge is 0.433 e. The van der Waals surface area contributed by atoms with Crippen molar-refractivity contribution in [3.63, 3.8) is 0 Å². The van der Waals surface area contributed by atoms with Crippen LogP contribution in [0.15, 0.2) is 42.7 Å². The molecule has 3 aromatic rings. The molecule has 1 fully saturated rings. The fourth-order valence-electron chi connectivity index (χ4n) is 3.31. The van der Waals surface area contributed by atoms with Crippen LogP contribution in [-0.2, 0) is 12.7 Å². The summed E-state index contributed by atoms with van der Waals surface area (Å²) in [6.07, 6.45) is -0.744. The lowest BCUT2D eigenvalue weighted by Crippen LogP contribution is -2.46. The van der Waals surface area contributed by atoms with Crippen LogP contribution in [0.3, 0.4) is 0 Å². The molecule has 152 valence electrons. The molecule has 1 N–H and O–H groups in total. The summed E-state index contributed by atoms with van der Waals surface area (Å²) in [5.74, 6) is -1.92. The van der Waals surface area contributed by atoms with Crippen LogP contribution in [0.2, 0.25) is 0 Å². The van der Waals surface area contributed by atoms with E-state index in [1.807, 2.05) is 0 Å². The van der Waals surface area contributed by atoms with Gasteiger partial charge in [-0.15, -0.1) is 0 Å². The normalized spacial score (nSPS) is 19.2. The maximum atomic E-state index is 14.2. The molecule has 4 nitrogen and oxygen atoms in total. The summed E-state index contributed by atoms with van der Waals surface area (Å²) in [5, 5.41) is 4.84. The minimum Gasteiger partial charge on any atom is -0.486 e. The molecule has 1 aromatic carbocycles. The number of halogens is 5. The molecule has 0 radical (unpaired) electrons. The highest BCUT2D eigenvalue weighted by Gasteiger charge is 2.35. The molecule has 1 aliphatic carbocycles. The van der Waals surface area contributed by atoms with Crippen LogP contribution in [0, 0.1) is 11.8 Å². The first kappa shape index (κ1) is 19.5. The lowest BCUT2D eigenvalue weighted by Gasteiger charge is -2.36. The molecular formula is C20H16F5N3O. The molecule has 4 rings (SSSR count). The second-order valence-electron chi connectivity index (χ2n) is 6.90. The number of hydrogen-bond donors (Lipinski definition) is 1. The van der Waals surface area contributed by atoms with E-state index in [4.69, 9.17) is 4.74 Å². The van der Waals surface area contributed by atoms with Gasteiger partial charge in [-0.3, -0.25) is 4.98 Å². The van der Waals surface area contributed by atoms with Gasteiger partial charge in [0.1, 0.15) is 17.6 Å². The third kappa shape index (κ3) is 4.14. The highest BCUT2D eigenvalue weighted by atomic mass is 19.4. The number of alkyl halides is 3. The topological polar surface area (TPSA) is 47.0 Å². The van der Waals surface area contributed by atoms with Gasteiger partial charge in [0.2, 0.25) is 0 Å². The molecule has 0 aliphatic heterocycles. The van der Waals surface area contributed by atoms with Crippen molar-refractivity contribution in [1.82, 2.24) is 15.3 Å². The first-order valence-electron chi connectivity index (χ1n) is 8.96. The van der Waals surface area contributed by atoms with Crippen molar-refractivity contribution in [1.29, 1.82) is 0 Å². The minimum absolute atomic E-state index is 0.0296. The number of rotatable bonds is 5. The monoisotopic (exact) mass is 409 g/mol. The lowest BCUT2D eigenvalue weighted by atomic mass is 9.89. The van der Waals surface area contributed by atoms with Crippen LogP contribution in [0.5, 0.6) is 5.75 Å². The SMILES string of the molecule is Fc1ccc2cnccc2c1CNC1CC(Oc2ccc(C(F)(F)F)nc2F)C1. The lowest BCUT2D eigenvalue weighted by molar-refractivity contribution is -0.141. The van der Waals surface area contributed by atoms with Gasteiger partial charge >= 0.3 is 6.18 Å². The number of benzene rings is 1. The summed E-state index contributed by atoms with van der Waals surface area (Å²) in [7, 11) is 0. The van der Waals surface area contributed by atoms with Gasteiger partial charge < -0.3 is 10.1 Å². The Morgan fingerprint density at radius 1 is 1.07 bits per heavy atom. The number of pyridine rings is 2. The average Bonchev–Trinajstić information content (AvgIpc) is 2.65. The molecule has 1 aliphatic rings. The Hall–Kier alpha value is -2.81. The van der Waals surface area contributed by atoms with Gasteiger partial charge in [-0.25, -0.2) is 9.37 Å². The largest absolute Gasteiger partial charge is 0.486 e. The molecule has 2 heterocycles. The van der Waals surface area contributed by atoms with Crippen LogP contribution in [0.4, 0.5) is 22.0 Å². The van der Waals surface area contributed by atoms with Crippen LogP contribution >= 0.6 is 0 Å². The number of nitrogens with one attached hydrogen (secondary N) is 1. The molecular weight excluding hydrogens is 393 g/mol. The van der Waals surface area contributed by atoms with E-state index in [0.717, 1.165) is 16.8 Å². The molecule has 0 spiro atoms. The number of hydrogen-bond acceptors (Lipinski definition) is 4. The first-order valence-corrected chi connectivity index (χ1v) is 8.96. The Balaban J connectivity index is 1.33. The Morgan fingerprint density at radius 2 is 1.86 bits per heavy atom. The van der Waals surface area contributed by atoms with Gasteiger partial charge in [0.25, 0.3) is 5.95 Å². The zero-order valence-electron chi connectivity index (χ0n) is 15.0. The Bertz CT molecular complexity index is 1030. The summed E-state index contributed by atoms with van der Waals surface area (Å²) < 4.78 is 71.0. The first-order chi connectivity index (χ1) is 13.8. The van der Waals surface area contributed by atoms with Crippen molar-refractivity contribution in [2.75, 3.05) is 0 Å². The quantitative estimate of drug-likeness (QED) is 0.493. The molecule has 1 saturated carbocycles. The van der Waals surface area contributed by atoms with Crippen LogP contribution in [-0.4, -0.2) is 22.1 Å². The highest BCUT2D eigenvalue weighted by molar-refractivity contribution is 5.84. The van der Waals surface area contributed by atoms with Gasteiger partial charge in [0.05, 0.1) is 0 Å². The van der Waals surface area contributed by atoms with E-state index in [-0.39, 0.29) is 23.7 Å². The third-order valence-corrected chi connectivity index (χ3v) is 4.94. The third-order valence-electron chi connectivity index (χ3n) is 4.94. The van der Waals surface area contributed by atoms with Crippen LogP contribution in [0.25, 0.3) is 10.8 Å². The fraction of sp³-hybridized carbons (Fsp3) is 0.300. The van der Waals surface area contributed by atoms with Crippen molar-refractivity contribution in [2.45, 2.75) is 37.7 Å². The molecule has 0 atom stereocenters. The molecule has 0 saturated heterocycles. The van der Waals surface area contributed by atoms with E-state index < -0.39 is 17.8 Å². The standard InChI is InChI=1S/C20H16F5N3O/c21-16-2-1-11-9-26-6-5-14(11)15(16)10-27-12-7-13(8-12)29-17-3-4-18(20(23,24)25)28-19(17)22/h1-6,9,12-13,27H,7-8,10H2. The van der Waals surface area contributed by atoms with Crippen LogP contribution in [0.1, 0.15) is 24.1 Å². The van der Waals surface area contributed by atoms with Crippen molar-refractivity contribution >= 4 is 10.8 Å². The van der Waals surface area contributed by atoms with Gasteiger partial charge in [0, 0.05) is 35.9 Å². The van der Waals surface area contributed by atoms with Crippen LogP contribution < -0.4 is 10.1 Å². The van der Waals surface area contributed by atoms with Gasteiger partial charge in [-0.05, 0) is 48.6 Å². The van der Waals surface area contributed by atoms with Gasteiger partial charge in [-0.2, -0.15) is 17.6 Å². The predicted octanol–water partition coefficient (Wildman–Crippen LogP) is 4.63. The Kier molecular flexibility index (Phi) is 5.08. The van der Waals surface area contributed by atoms with Crippen molar-refractivity contribution in [3.8, 4) is 5.75 Å². The molecule has 2 aromatic heterocycles. The van der Waals surface area contributed by atoms with E-state index >= 15 is 0 Å². The minimum atomic E-state index is -4.71. The fourth-order valence-corrected chi connectivity index (χ4v) is 3.31. The highest BCUT2D eigenvalue weighted by Crippen LogP contribution is 2.32. The van der Waals surface area contributed by atoms with Crippen molar-refractivity contribution in [2.24, 2.45) is 0 Å². The molecule has 9 heteroatoms. The van der Waals surface area contributed by atoms with E-state index in [1.165, 1.54) is 6.07 Å². The summed E-state index contributed by atoms with van der Waals surface area (Å²) in [6, 6.07) is 6.47. The molecule has 0 bridgehead atoms. The maximum absolute atomic E-state index is 14.2. The predicted molar refractivity (Wildman–Crippen MR) is 95.2 cm³/mol. The maximum Gasteiger partial charge on any atom is 0.433 e. The summed E-state index contributed by atoms with van der Waals surface area (Å²) in [6.45, 7) is 0.306. The number of ether oxygens (including phenoxy) is 1. The summed E-state index contributed by atoms with van der Waals surface area (Å²) in [5.41, 5.74) is -0.768. The Labute approximate surface area is 162 Å². The van der Waals surface area contributed by atoms with E-state index in [1.54, 1.807) is 24.5 Å². The van der Waals surface area contributed by atoms with Crippen molar-refractivity contribution in [3.05, 3.63) is 65.7 Å². The zero-order valence-corrected chi connectivity index (χ0v) is 15.0. The number of nitrogens with zero attached hydrogens (tertiary/aromatic N) is 2. The second kappa shape index (κ2) is 7.55. The van der Waals surface area contributed by atoms with Gasteiger partial charge in [-0.1, -0.05) is 0 Å². The van der Waals surface area contributed by atoms with E-state index in [2.05, 4.69) is 15.3 Å². The molecule has 0 amide bonds. The second-order valence-corrected chi connectivity index (χ2v) is 6.90. The number of fused-ring (bicyclic) bond motifs is 1. The Morgan fingerprint density at radius 3 is 2.59 bits per heavy atom. The van der Waals surface area contributed by atoms with Gasteiger partial charge in [0.15, 0.2) is 5.75 Å². The van der Waals surface area contributed by atoms with E-state index in [9.17, 15) is 22.0 Å². The van der Waals surface area contributed by atoms with Crippen molar-refractivity contribution < 1.29 is 26.7 Å². The summed E-state index contributed by atoms with van der Waals surface area (Å²) >= 11 is 0.